The minimum Gasteiger partial charge on any atom is -0.392 e. The van der Waals surface area contributed by atoms with Gasteiger partial charge in [-0.3, -0.25) is 0 Å². The fraction of sp³-hybridized carbons (Fsp3) is 0.333. The van der Waals surface area contributed by atoms with E-state index < -0.39 is 22.4 Å². The van der Waals surface area contributed by atoms with Gasteiger partial charge in [0.25, 0.3) is 10.0 Å². The van der Waals surface area contributed by atoms with Gasteiger partial charge in [-0.1, -0.05) is 6.07 Å². The molecule has 16 heavy (non-hydrogen) atoms. The van der Waals surface area contributed by atoms with Gasteiger partial charge in [0.15, 0.2) is 0 Å². The highest BCUT2D eigenvalue weighted by atomic mass is 32.2. The summed E-state index contributed by atoms with van der Waals surface area (Å²) >= 11 is 0. The fourth-order valence-electron chi connectivity index (χ4n) is 1.20. The Bertz CT molecular complexity index is 474. The van der Waals surface area contributed by atoms with Crippen molar-refractivity contribution in [1.82, 2.24) is 9.84 Å². The second kappa shape index (κ2) is 4.88. The smallest absolute Gasteiger partial charge is 0.253 e. The Morgan fingerprint density at radius 1 is 1.44 bits per heavy atom. The summed E-state index contributed by atoms with van der Waals surface area (Å²) in [4.78, 5) is 1.90. The summed E-state index contributed by atoms with van der Waals surface area (Å²) in [5, 5.41) is 10.2. The Balaban J connectivity index is 3.25. The molecule has 0 saturated heterocycles. The number of aliphatic hydroxyl groups is 1. The summed E-state index contributed by atoms with van der Waals surface area (Å²) in [6.45, 7) is -0.468. The highest BCUT2D eigenvalue weighted by Gasteiger charge is 2.19. The molecule has 0 aliphatic heterocycles. The first-order chi connectivity index (χ1) is 7.36. The van der Waals surface area contributed by atoms with Crippen molar-refractivity contribution in [3.8, 4) is 0 Å². The molecule has 0 aromatic heterocycles. The lowest BCUT2D eigenvalue weighted by Gasteiger charge is -2.14. The SMILES string of the molecule is CN(C)NS(=O)(=O)c1cc(F)ccc1CO. The van der Waals surface area contributed by atoms with Gasteiger partial charge in [0.2, 0.25) is 0 Å². The Hall–Kier alpha value is -1.02. The van der Waals surface area contributed by atoms with Crippen LogP contribution in [0, 0.1) is 5.82 Å². The number of halogens is 1. The maximum absolute atomic E-state index is 13.0. The van der Waals surface area contributed by atoms with E-state index in [4.69, 9.17) is 5.11 Å². The molecule has 0 aliphatic rings. The molecular weight excluding hydrogens is 235 g/mol. The van der Waals surface area contributed by atoms with Crippen LogP contribution in [0.4, 0.5) is 4.39 Å². The summed E-state index contributed by atoms with van der Waals surface area (Å²) in [6.07, 6.45) is 0. The van der Waals surface area contributed by atoms with Crippen LogP contribution >= 0.6 is 0 Å². The molecule has 1 aromatic rings. The molecule has 0 radical (unpaired) electrons. The monoisotopic (exact) mass is 248 g/mol. The predicted molar refractivity (Wildman–Crippen MR) is 56.3 cm³/mol. The number of benzene rings is 1. The van der Waals surface area contributed by atoms with Crippen molar-refractivity contribution < 1.29 is 17.9 Å². The van der Waals surface area contributed by atoms with E-state index in [1.165, 1.54) is 25.2 Å². The third-order valence-corrected chi connectivity index (χ3v) is 3.36. The highest BCUT2D eigenvalue weighted by molar-refractivity contribution is 7.89. The number of aliphatic hydroxyl groups excluding tert-OH is 1. The zero-order valence-corrected chi connectivity index (χ0v) is 9.75. The number of rotatable bonds is 4. The van der Waals surface area contributed by atoms with Crippen LogP contribution in [-0.2, 0) is 16.6 Å². The van der Waals surface area contributed by atoms with Crippen LogP contribution in [0.15, 0.2) is 23.1 Å². The van der Waals surface area contributed by atoms with E-state index in [0.29, 0.717) is 0 Å². The van der Waals surface area contributed by atoms with Crippen LogP contribution in [0.3, 0.4) is 0 Å². The lowest BCUT2D eigenvalue weighted by Crippen LogP contribution is -2.36. The number of nitrogens with one attached hydrogen (secondary N) is 1. The van der Waals surface area contributed by atoms with Gasteiger partial charge in [-0.25, -0.2) is 17.8 Å². The van der Waals surface area contributed by atoms with E-state index >= 15 is 0 Å². The lowest BCUT2D eigenvalue weighted by atomic mass is 10.2. The summed E-state index contributed by atoms with van der Waals surface area (Å²) in [5.74, 6) is -0.670. The Morgan fingerprint density at radius 2 is 2.06 bits per heavy atom. The fourth-order valence-corrected chi connectivity index (χ4v) is 2.52. The molecule has 0 amide bonds. The first-order valence-corrected chi connectivity index (χ1v) is 5.94. The molecule has 1 aromatic carbocycles. The number of hydrogen-bond acceptors (Lipinski definition) is 4. The molecule has 5 nitrogen and oxygen atoms in total. The van der Waals surface area contributed by atoms with Crippen molar-refractivity contribution in [3.05, 3.63) is 29.6 Å². The van der Waals surface area contributed by atoms with Crippen molar-refractivity contribution in [2.24, 2.45) is 0 Å². The van der Waals surface area contributed by atoms with Crippen LogP contribution in [0.25, 0.3) is 0 Å². The van der Waals surface area contributed by atoms with Crippen LogP contribution in [0.1, 0.15) is 5.56 Å². The molecule has 90 valence electrons. The van der Waals surface area contributed by atoms with Gasteiger partial charge in [0.1, 0.15) is 5.82 Å². The average molecular weight is 248 g/mol. The zero-order valence-electron chi connectivity index (χ0n) is 8.94. The summed E-state index contributed by atoms with van der Waals surface area (Å²) < 4.78 is 36.5. The summed E-state index contributed by atoms with van der Waals surface area (Å²) in [6, 6.07) is 3.21. The molecule has 0 atom stereocenters. The Labute approximate surface area is 93.5 Å². The van der Waals surface area contributed by atoms with Crippen LogP contribution in [0.5, 0.6) is 0 Å². The normalized spacial score (nSPS) is 12.1. The first kappa shape index (κ1) is 13.0. The third kappa shape index (κ3) is 2.99. The van der Waals surface area contributed by atoms with Gasteiger partial charge in [0.05, 0.1) is 11.5 Å². The quantitative estimate of drug-likeness (QED) is 0.740. The molecule has 0 spiro atoms. The highest BCUT2D eigenvalue weighted by Crippen LogP contribution is 2.17. The van der Waals surface area contributed by atoms with Crippen LogP contribution in [-0.4, -0.2) is 32.6 Å². The number of hydrogen-bond donors (Lipinski definition) is 2. The van der Waals surface area contributed by atoms with Crippen LogP contribution < -0.4 is 4.83 Å². The number of hydrazine groups is 1. The van der Waals surface area contributed by atoms with E-state index in [9.17, 15) is 12.8 Å². The molecule has 0 aliphatic carbocycles. The van der Waals surface area contributed by atoms with Gasteiger partial charge in [-0.05, 0) is 17.7 Å². The minimum absolute atomic E-state index is 0.149. The van der Waals surface area contributed by atoms with Crippen LogP contribution in [0.2, 0.25) is 0 Å². The first-order valence-electron chi connectivity index (χ1n) is 4.46. The molecule has 0 heterocycles. The molecule has 0 saturated carbocycles. The van der Waals surface area contributed by atoms with E-state index in [0.717, 1.165) is 12.1 Å². The summed E-state index contributed by atoms with van der Waals surface area (Å²) in [7, 11) is -0.858. The van der Waals surface area contributed by atoms with Crippen molar-refractivity contribution in [3.63, 3.8) is 0 Å². The Kier molecular flexibility index (Phi) is 3.98. The van der Waals surface area contributed by atoms with Gasteiger partial charge in [-0.15, -0.1) is 4.83 Å². The number of nitrogens with zero attached hydrogens (tertiary/aromatic N) is 1. The van der Waals surface area contributed by atoms with Crippen molar-refractivity contribution in [2.45, 2.75) is 11.5 Å². The number of sulfonamides is 1. The van der Waals surface area contributed by atoms with Gasteiger partial charge < -0.3 is 5.11 Å². The van der Waals surface area contributed by atoms with E-state index in [1.807, 2.05) is 0 Å². The standard InChI is InChI=1S/C9H13FN2O3S/c1-12(2)11-16(14,15)9-5-8(10)4-3-7(9)6-13/h3-5,11,13H,6H2,1-2H3. The average Bonchev–Trinajstić information content (AvgIpc) is 2.15. The maximum Gasteiger partial charge on any atom is 0.253 e. The maximum atomic E-state index is 13.0. The minimum atomic E-state index is -3.85. The van der Waals surface area contributed by atoms with Gasteiger partial charge >= 0.3 is 0 Å². The van der Waals surface area contributed by atoms with E-state index in [-0.39, 0.29) is 10.5 Å². The van der Waals surface area contributed by atoms with Gasteiger partial charge in [0, 0.05) is 14.1 Å². The third-order valence-electron chi connectivity index (χ3n) is 1.79. The van der Waals surface area contributed by atoms with Crippen molar-refractivity contribution >= 4 is 10.0 Å². The molecule has 7 heteroatoms. The molecule has 1 rings (SSSR count). The second-order valence-electron chi connectivity index (χ2n) is 3.40. The van der Waals surface area contributed by atoms with Crippen molar-refractivity contribution in [1.29, 1.82) is 0 Å². The van der Waals surface area contributed by atoms with Gasteiger partial charge in [-0.2, -0.15) is 0 Å². The molecule has 0 bridgehead atoms. The lowest BCUT2D eigenvalue weighted by molar-refractivity contribution is 0.277. The molecule has 0 unspecified atom stereocenters. The second-order valence-corrected chi connectivity index (χ2v) is 5.03. The summed E-state index contributed by atoms with van der Waals surface area (Å²) in [5.41, 5.74) is 0.149. The van der Waals surface area contributed by atoms with E-state index in [2.05, 4.69) is 4.83 Å². The predicted octanol–water partition coefficient (Wildman–Crippen LogP) is 0.0729. The zero-order chi connectivity index (χ0) is 12.3. The largest absolute Gasteiger partial charge is 0.392 e. The molecule has 0 fully saturated rings. The molecular formula is C9H13FN2O3S. The molecule has 2 N–H and O–H groups in total. The Morgan fingerprint density at radius 3 is 2.56 bits per heavy atom. The van der Waals surface area contributed by atoms with Crippen molar-refractivity contribution in [2.75, 3.05) is 14.1 Å². The topological polar surface area (TPSA) is 69.6 Å². The van der Waals surface area contributed by atoms with E-state index in [1.54, 1.807) is 0 Å².